The Morgan fingerprint density at radius 2 is 2.20 bits per heavy atom. The molecule has 0 atom stereocenters. The highest BCUT2D eigenvalue weighted by Gasteiger charge is 2.05. The van der Waals surface area contributed by atoms with Crippen molar-refractivity contribution in [3.8, 4) is 0 Å². The Labute approximate surface area is 30.3 Å². The highest BCUT2D eigenvalue weighted by Crippen LogP contribution is 1.94. The third-order valence-electron chi connectivity index (χ3n) is 0.0870. The fourth-order valence-corrected chi connectivity index (χ4v) is 0. The number of hydrogen-bond acceptors (Lipinski definition) is 2. The molecular formula is HBFO2P. The highest BCUT2D eigenvalue weighted by molar-refractivity contribution is 7.63. The highest BCUT2D eigenvalue weighted by atomic mass is 31.1. The summed E-state index contributed by atoms with van der Waals surface area (Å²) in [6.07, 6.45) is 0. The van der Waals surface area contributed by atoms with E-state index in [1.165, 1.54) is 0 Å². The van der Waals surface area contributed by atoms with E-state index in [9.17, 15) is 4.32 Å². The first-order valence-corrected chi connectivity index (χ1v) is 1.80. The summed E-state index contributed by atoms with van der Waals surface area (Å²) in [5, 5.41) is 7.37. The molecule has 0 bridgehead atoms. The molecule has 0 rings (SSSR count). The van der Waals surface area contributed by atoms with Crippen LogP contribution in [0.25, 0.3) is 0 Å². The van der Waals surface area contributed by atoms with Gasteiger partial charge >= 0.3 is 6.91 Å². The molecule has 5 heavy (non-hydrogen) atoms. The summed E-state index contributed by atoms with van der Waals surface area (Å²) in [6, 6.07) is 0. The quantitative estimate of drug-likeness (QED) is 0.372. The van der Waals surface area contributed by atoms with E-state index in [1.54, 1.807) is 0 Å². The Morgan fingerprint density at radius 3 is 2.20 bits per heavy atom. The molecule has 0 aliphatic heterocycles. The Kier molecular flexibility index (Phi) is 2.33. The van der Waals surface area contributed by atoms with Crippen molar-refractivity contribution < 1.29 is 13.9 Å². The molecule has 1 N–H and O–H groups in total. The third-order valence-corrected chi connectivity index (χ3v) is 0.261. The van der Waals surface area contributed by atoms with Crippen LogP contribution in [-0.4, -0.2) is 11.9 Å². The zero-order valence-electron chi connectivity index (χ0n) is 2.26. The fraction of sp³-hybridized carbons (Fsp3) is 0. The summed E-state index contributed by atoms with van der Waals surface area (Å²) in [7, 11) is -0.864. The second-order valence-corrected chi connectivity index (χ2v) is 1.05. The summed E-state index contributed by atoms with van der Waals surface area (Å²) < 4.78 is 19.6. The molecule has 5 heteroatoms. The lowest BCUT2D eigenvalue weighted by Crippen LogP contribution is -1.86. The fourth-order valence-electron chi connectivity index (χ4n) is 0. The molecule has 0 saturated carbocycles. The summed E-state index contributed by atoms with van der Waals surface area (Å²) in [6.45, 7) is -2.20. The molecule has 0 aliphatic rings. The maximum atomic E-state index is 10.7. The summed E-state index contributed by atoms with van der Waals surface area (Å²) in [5.74, 6) is 0. The average Bonchev–Trinajstić information content (AvgIpc) is 1.38. The Morgan fingerprint density at radius 1 is 2.00 bits per heavy atom. The second-order valence-electron chi connectivity index (χ2n) is 0.416. The standard InChI is InChI=1S/BFHO2P/c2-1(3)5-4/h3H. The zero-order valence-corrected chi connectivity index (χ0v) is 3.15. The van der Waals surface area contributed by atoms with Gasteiger partial charge in [0.1, 0.15) is 0 Å². The molecule has 0 aromatic heterocycles. The lowest BCUT2D eigenvalue weighted by atomic mass is 10.5. The van der Waals surface area contributed by atoms with E-state index in [-0.39, 0.29) is 0 Å². The molecule has 28 valence electrons. The maximum Gasteiger partial charge on any atom is 0.599 e. The molecule has 0 aliphatic carbocycles. The van der Waals surface area contributed by atoms with Crippen LogP contribution in [0, 0.1) is 0 Å². The van der Waals surface area contributed by atoms with Gasteiger partial charge in [-0.1, -0.05) is 0 Å². The van der Waals surface area contributed by atoms with Crippen LogP contribution < -0.4 is 0 Å². The SMILES string of the molecule is O=PB(O)F. The van der Waals surface area contributed by atoms with E-state index >= 15 is 0 Å². The Balaban J connectivity index is 2.83. The van der Waals surface area contributed by atoms with Gasteiger partial charge in [-0.3, -0.25) is 8.88 Å². The van der Waals surface area contributed by atoms with Gasteiger partial charge in [0.15, 0.2) is 8.34 Å². The van der Waals surface area contributed by atoms with Gasteiger partial charge in [0.05, 0.1) is 0 Å². The maximum absolute atomic E-state index is 10.7. The van der Waals surface area contributed by atoms with Gasteiger partial charge in [-0.2, -0.15) is 0 Å². The molecule has 0 fully saturated rings. The second kappa shape index (κ2) is 2.30. The molecule has 0 unspecified atom stereocenters. The number of hydrogen-bond donors (Lipinski definition) is 1. The van der Waals surface area contributed by atoms with Gasteiger partial charge < -0.3 is 5.02 Å². The first kappa shape index (κ1) is 5.05. The van der Waals surface area contributed by atoms with Crippen molar-refractivity contribution in [1.29, 1.82) is 0 Å². The van der Waals surface area contributed by atoms with Crippen molar-refractivity contribution in [3.05, 3.63) is 0 Å². The predicted molar refractivity (Wildman–Crippen MR) is 16.7 cm³/mol. The van der Waals surface area contributed by atoms with Crippen LogP contribution in [0.15, 0.2) is 0 Å². The van der Waals surface area contributed by atoms with Crippen LogP contribution in [0.5, 0.6) is 0 Å². The molecule has 0 saturated heterocycles. The summed E-state index contributed by atoms with van der Waals surface area (Å²) in [4.78, 5) is 0. The van der Waals surface area contributed by atoms with Gasteiger partial charge in [-0.05, 0) is 0 Å². The average molecular weight is 93.8 g/mol. The van der Waals surface area contributed by atoms with Crippen molar-refractivity contribution in [2.24, 2.45) is 0 Å². The van der Waals surface area contributed by atoms with Crippen LogP contribution in [-0.2, 0) is 4.57 Å². The minimum absolute atomic E-state index is 0.864. The number of halogens is 1. The molecule has 0 spiro atoms. The van der Waals surface area contributed by atoms with E-state index in [1.807, 2.05) is 0 Å². The largest absolute Gasteiger partial charge is 0.599 e. The van der Waals surface area contributed by atoms with Gasteiger partial charge in [-0.15, -0.1) is 0 Å². The van der Waals surface area contributed by atoms with Gasteiger partial charge in [0.25, 0.3) is 0 Å². The van der Waals surface area contributed by atoms with Crippen molar-refractivity contribution >= 4 is 15.3 Å². The monoisotopic (exact) mass is 94.0 g/mol. The molecule has 0 amide bonds. The van der Waals surface area contributed by atoms with E-state index in [4.69, 9.17) is 9.59 Å². The minimum atomic E-state index is -2.20. The molecule has 0 aromatic rings. The van der Waals surface area contributed by atoms with Gasteiger partial charge in [0, 0.05) is 0 Å². The van der Waals surface area contributed by atoms with E-state index < -0.39 is 15.3 Å². The first-order valence-electron chi connectivity index (χ1n) is 0.917. The number of rotatable bonds is 1. The van der Waals surface area contributed by atoms with Crippen LogP contribution in [0.3, 0.4) is 0 Å². The van der Waals surface area contributed by atoms with E-state index in [0.717, 1.165) is 0 Å². The molecule has 0 aromatic carbocycles. The zero-order chi connectivity index (χ0) is 4.28. The Hall–Kier alpha value is 0.0549. The molecule has 2 nitrogen and oxygen atoms in total. The summed E-state index contributed by atoms with van der Waals surface area (Å²) in [5.41, 5.74) is 0. The third kappa shape index (κ3) is 4.05. The van der Waals surface area contributed by atoms with Crippen molar-refractivity contribution in [2.75, 3.05) is 0 Å². The van der Waals surface area contributed by atoms with Crippen LogP contribution in [0.4, 0.5) is 4.32 Å². The van der Waals surface area contributed by atoms with E-state index in [0.29, 0.717) is 0 Å². The van der Waals surface area contributed by atoms with Crippen LogP contribution in [0.2, 0.25) is 0 Å². The predicted octanol–water partition coefficient (Wildman–Crippen LogP) is 0.225. The minimum Gasteiger partial charge on any atom is -0.414 e. The van der Waals surface area contributed by atoms with Gasteiger partial charge in [-0.25, -0.2) is 0 Å². The normalized spacial score (nSPS) is 8.40. The van der Waals surface area contributed by atoms with Gasteiger partial charge in [0.2, 0.25) is 0 Å². The topological polar surface area (TPSA) is 37.3 Å². The lowest BCUT2D eigenvalue weighted by Gasteiger charge is -1.64. The van der Waals surface area contributed by atoms with E-state index in [2.05, 4.69) is 0 Å². The van der Waals surface area contributed by atoms with Crippen molar-refractivity contribution in [2.45, 2.75) is 0 Å². The smallest absolute Gasteiger partial charge is 0.414 e. The lowest BCUT2D eigenvalue weighted by molar-refractivity contribution is 0.517. The first-order chi connectivity index (χ1) is 2.27. The summed E-state index contributed by atoms with van der Waals surface area (Å²) >= 11 is 0. The Bertz CT molecular complexity index is 36.6. The van der Waals surface area contributed by atoms with Crippen molar-refractivity contribution in [1.82, 2.24) is 0 Å². The van der Waals surface area contributed by atoms with Crippen molar-refractivity contribution in [3.63, 3.8) is 0 Å². The molecule has 0 radical (unpaired) electrons. The molecule has 0 heterocycles. The molecular weight excluding hydrogens is 92.8 g/mol. The van der Waals surface area contributed by atoms with Crippen LogP contribution in [0.1, 0.15) is 0 Å². The van der Waals surface area contributed by atoms with Crippen LogP contribution >= 0.6 is 8.34 Å².